The van der Waals surface area contributed by atoms with Gasteiger partial charge in [-0.15, -0.1) is 0 Å². The van der Waals surface area contributed by atoms with Crippen LogP contribution in [0.15, 0.2) is 18.2 Å². The van der Waals surface area contributed by atoms with E-state index < -0.39 is 45.8 Å². The highest BCUT2D eigenvalue weighted by Gasteiger charge is 2.31. The van der Waals surface area contributed by atoms with Crippen LogP contribution in [-0.4, -0.2) is 32.6 Å². The Morgan fingerprint density at radius 2 is 2.00 bits per heavy atom. The van der Waals surface area contributed by atoms with Gasteiger partial charge in [0, 0.05) is 0 Å². The first-order valence-corrected chi connectivity index (χ1v) is 7.27. The lowest BCUT2D eigenvalue weighted by Gasteiger charge is -2.08. The molecular weight excluding hydrogens is 372 g/mol. The van der Waals surface area contributed by atoms with E-state index >= 15 is 0 Å². The second-order valence-corrected chi connectivity index (χ2v) is 5.22. The topological polar surface area (TPSA) is 142 Å². The third-order valence-electron chi connectivity index (χ3n) is 3.56. The Morgan fingerprint density at radius 3 is 2.48 bits per heavy atom. The van der Waals surface area contributed by atoms with Gasteiger partial charge in [-0.05, 0) is 19.1 Å². The van der Waals surface area contributed by atoms with Gasteiger partial charge in [0.25, 0.3) is 12.1 Å². The zero-order valence-electron chi connectivity index (χ0n) is 14.0. The molecule has 0 bridgehead atoms. The van der Waals surface area contributed by atoms with E-state index in [4.69, 9.17) is 4.74 Å². The second-order valence-electron chi connectivity index (χ2n) is 5.22. The number of anilines is 1. The first kappa shape index (κ1) is 19.7. The number of rotatable bonds is 7. The van der Waals surface area contributed by atoms with Gasteiger partial charge in [0.1, 0.15) is 23.7 Å². The summed E-state index contributed by atoms with van der Waals surface area (Å²) in [6, 6.07) is 3.70. The highest BCUT2D eigenvalue weighted by Crippen LogP contribution is 2.31. The van der Waals surface area contributed by atoms with Gasteiger partial charge >= 0.3 is 5.69 Å². The van der Waals surface area contributed by atoms with Crippen LogP contribution in [0.4, 0.5) is 25.8 Å². The monoisotopic (exact) mass is 385 g/mol. The third-order valence-corrected chi connectivity index (χ3v) is 3.56. The predicted octanol–water partition coefficient (Wildman–Crippen LogP) is 2.59. The number of aromatic nitrogens is 2. The molecule has 0 aliphatic carbocycles. The second kappa shape index (κ2) is 7.72. The number of methoxy groups -OCH3 is 1. The number of amides is 1. The van der Waals surface area contributed by atoms with Gasteiger partial charge in [-0.3, -0.25) is 29.7 Å². The third kappa shape index (κ3) is 4.13. The first-order chi connectivity index (χ1) is 12.6. The lowest BCUT2D eigenvalue weighted by atomic mass is 10.2. The fourth-order valence-corrected chi connectivity index (χ4v) is 2.31. The number of carbonyl (C=O) groups is 1. The smallest absolute Gasteiger partial charge is 0.319 e. The molecule has 0 aliphatic heterocycles. The van der Waals surface area contributed by atoms with Crippen molar-refractivity contribution >= 4 is 23.0 Å². The van der Waals surface area contributed by atoms with E-state index in [0.29, 0.717) is 0 Å². The number of nitro benzene ring substituents is 1. The van der Waals surface area contributed by atoms with Crippen LogP contribution >= 0.6 is 0 Å². The highest BCUT2D eigenvalue weighted by atomic mass is 19.3. The minimum absolute atomic E-state index is 0.154. The Balaban J connectivity index is 2.28. The number of nitrogens with one attached hydrogen (secondary N) is 1. The van der Waals surface area contributed by atoms with E-state index in [9.17, 15) is 33.8 Å². The van der Waals surface area contributed by atoms with Crippen LogP contribution in [0.5, 0.6) is 5.75 Å². The average Bonchev–Trinajstić information content (AvgIpc) is 2.92. The van der Waals surface area contributed by atoms with Crippen LogP contribution in [0.2, 0.25) is 0 Å². The number of carbonyl (C=O) groups excluding carboxylic acids is 1. The minimum atomic E-state index is -3.20. The SMILES string of the molecule is COc1ccc(NC(=O)Cn2nc(C(F)F)c([N+](=O)[O-])c2C)c([N+](=O)[O-])c1. The summed E-state index contributed by atoms with van der Waals surface area (Å²) in [7, 11) is 1.31. The summed E-state index contributed by atoms with van der Waals surface area (Å²) in [4.78, 5) is 32.4. The van der Waals surface area contributed by atoms with Crippen molar-refractivity contribution in [2.24, 2.45) is 0 Å². The summed E-state index contributed by atoms with van der Waals surface area (Å²) >= 11 is 0. The highest BCUT2D eigenvalue weighted by molar-refractivity contribution is 5.93. The van der Waals surface area contributed by atoms with Crippen LogP contribution in [0.1, 0.15) is 17.8 Å². The standard InChI is InChI=1S/C14H13F2N5O6/c1-7-13(21(25)26)12(14(15)16)18-19(7)6-11(22)17-9-4-3-8(27-2)5-10(9)20(23)24/h3-5,14H,6H2,1-2H3,(H,17,22). The van der Waals surface area contributed by atoms with Crippen molar-refractivity contribution in [3.8, 4) is 5.75 Å². The molecule has 1 amide bonds. The number of halogens is 2. The van der Waals surface area contributed by atoms with Gasteiger partial charge in [-0.2, -0.15) is 5.10 Å². The molecule has 0 saturated carbocycles. The molecule has 1 aromatic heterocycles. The number of alkyl halides is 2. The number of benzene rings is 1. The van der Waals surface area contributed by atoms with E-state index in [1.807, 2.05) is 0 Å². The van der Waals surface area contributed by atoms with Crippen molar-refractivity contribution in [3.63, 3.8) is 0 Å². The molecule has 1 N–H and O–H groups in total. The van der Waals surface area contributed by atoms with E-state index in [1.54, 1.807) is 0 Å². The molecule has 0 unspecified atom stereocenters. The molecule has 0 atom stereocenters. The summed E-state index contributed by atoms with van der Waals surface area (Å²) in [5, 5.41) is 27.7. The molecule has 13 heteroatoms. The molecule has 11 nitrogen and oxygen atoms in total. The number of hydrogen-bond acceptors (Lipinski definition) is 7. The van der Waals surface area contributed by atoms with Crippen molar-refractivity contribution in [2.45, 2.75) is 19.9 Å². The molecule has 2 rings (SSSR count). The quantitative estimate of drug-likeness (QED) is 0.570. The Bertz CT molecular complexity index is 914. The molecule has 2 aromatic rings. The summed E-state index contributed by atoms with van der Waals surface area (Å²) < 4.78 is 31.4. The predicted molar refractivity (Wildman–Crippen MR) is 86.9 cm³/mol. The molecule has 0 fully saturated rings. The lowest BCUT2D eigenvalue weighted by Crippen LogP contribution is -2.21. The molecule has 1 heterocycles. The van der Waals surface area contributed by atoms with Gasteiger partial charge in [-0.1, -0.05) is 0 Å². The molecule has 0 spiro atoms. The number of nitro groups is 2. The fraction of sp³-hybridized carbons (Fsp3) is 0.286. The molecule has 1 aromatic carbocycles. The molecule has 27 heavy (non-hydrogen) atoms. The van der Waals surface area contributed by atoms with Gasteiger partial charge < -0.3 is 10.1 Å². The summed E-state index contributed by atoms with van der Waals surface area (Å²) in [5.41, 5.74) is -2.78. The normalized spacial score (nSPS) is 10.7. The van der Waals surface area contributed by atoms with E-state index in [0.717, 1.165) is 10.7 Å². The largest absolute Gasteiger partial charge is 0.496 e. The molecular formula is C14H13F2N5O6. The number of nitrogens with zero attached hydrogens (tertiary/aromatic N) is 4. The number of hydrogen-bond donors (Lipinski definition) is 1. The van der Waals surface area contributed by atoms with E-state index in [1.165, 1.54) is 26.2 Å². The van der Waals surface area contributed by atoms with Gasteiger partial charge in [0.05, 0.1) is 23.0 Å². The van der Waals surface area contributed by atoms with Crippen LogP contribution in [0.25, 0.3) is 0 Å². The maximum absolute atomic E-state index is 12.9. The summed E-state index contributed by atoms with van der Waals surface area (Å²) in [6.07, 6.45) is -3.20. The van der Waals surface area contributed by atoms with E-state index in [2.05, 4.69) is 10.4 Å². The first-order valence-electron chi connectivity index (χ1n) is 7.27. The Labute approximate surface area is 149 Å². The van der Waals surface area contributed by atoms with Crippen molar-refractivity contribution < 1.29 is 28.2 Å². The van der Waals surface area contributed by atoms with E-state index in [-0.39, 0.29) is 17.1 Å². The van der Waals surface area contributed by atoms with Crippen molar-refractivity contribution in [1.29, 1.82) is 0 Å². The van der Waals surface area contributed by atoms with Crippen LogP contribution in [0, 0.1) is 27.2 Å². The van der Waals surface area contributed by atoms with Crippen molar-refractivity contribution in [3.05, 3.63) is 49.8 Å². The van der Waals surface area contributed by atoms with Gasteiger partial charge in [0.15, 0.2) is 0 Å². The maximum Gasteiger partial charge on any atom is 0.319 e. The lowest BCUT2D eigenvalue weighted by molar-refractivity contribution is -0.386. The van der Waals surface area contributed by atoms with Crippen LogP contribution < -0.4 is 10.1 Å². The maximum atomic E-state index is 12.9. The minimum Gasteiger partial charge on any atom is -0.496 e. The molecule has 0 saturated heterocycles. The van der Waals surface area contributed by atoms with Crippen LogP contribution in [0.3, 0.4) is 0 Å². The molecule has 0 radical (unpaired) electrons. The Kier molecular flexibility index (Phi) is 5.63. The molecule has 144 valence electrons. The summed E-state index contributed by atoms with van der Waals surface area (Å²) in [5.74, 6) is -0.649. The zero-order chi connectivity index (χ0) is 20.3. The van der Waals surface area contributed by atoms with Gasteiger partial charge in [0.2, 0.25) is 11.6 Å². The fourth-order valence-electron chi connectivity index (χ4n) is 2.31. The van der Waals surface area contributed by atoms with Crippen molar-refractivity contribution in [2.75, 3.05) is 12.4 Å². The Hall–Kier alpha value is -3.64. The number of ether oxygens (including phenoxy) is 1. The summed E-state index contributed by atoms with van der Waals surface area (Å²) in [6.45, 7) is 0.517. The Morgan fingerprint density at radius 1 is 1.33 bits per heavy atom. The van der Waals surface area contributed by atoms with Crippen molar-refractivity contribution in [1.82, 2.24) is 9.78 Å². The van der Waals surface area contributed by atoms with Gasteiger partial charge in [-0.25, -0.2) is 8.78 Å². The molecule has 0 aliphatic rings. The average molecular weight is 385 g/mol. The zero-order valence-corrected chi connectivity index (χ0v) is 14.0. The van der Waals surface area contributed by atoms with Crippen LogP contribution in [-0.2, 0) is 11.3 Å².